The Bertz CT molecular complexity index is 953. The lowest BCUT2D eigenvalue weighted by Gasteiger charge is -2.45. The topological polar surface area (TPSA) is 84.5 Å². The Morgan fingerprint density at radius 3 is 2.64 bits per heavy atom. The Morgan fingerprint density at radius 2 is 2.00 bits per heavy atom. The summed E-state index contributed by atoms with van der Waals surface area (Å²) >= 11 is 0. The molecule has 0 radical (unpaired) electrons. The summed E-state index contributed by atoms with van der Waals surface area (Å²) in [6.45, 7) is 1.88. The second-order valence-corrected chi connectivity index (χ2v) is 8.38. The van der Waals surface area contributed by atoms with Gasteiger partial charge in [0.1, 0.15) is 5.75 Å². The Kier molecular flexibility index (Phi) is 4.53. The van der Waals surface area contributed by atoms with Gasteiger partial charge in [-0.25, -0.2) is 0 Å². The van der Waals surface area contributed by atoms with Crippen molar-refractivity contribution in [2.45, 2.75) is 30.4 Å². The Morgan fingerprint density at radius 1 is 1.25 bits per heavy atom. The van der Waals surface area contributed by atoms with E-state index in [9.17, 15) is 21.6 Å². The van der Waals surface area contributed by atoms with Crippen LogP contribution >= 0.6 is 0 Å². The van der Waals surface area contributed by atoms with Crippen LogP contribution in [0, 0.1) is 0 Å². The molecular formula is C17H18F3N3O4S. The molecule has 1 aromatic heterocycles. The van der Waals surface area contributed by atoms with E-state index in [0.717, 1.165) is 29.9 Å². The van der Waals surface area contributed by atoms with E-state index in [4.69, 9.17) is 4.74 Å². The van der Waals surface area contributed by atoms with Gasteiger partial charge in [-0.2, -0.15) is 26.7 Å². The standard InChI is InChI=1S/C17H18F3N3O4S/c18-17(19,20)28(24,25)27-14-1-2-15-12(9-14)3-8-26-16(15)4-6-23(7-5-16)13-10-21-22-11-13/h1-2,9-11H,3-8H2,(H,21,22). The molecule has 0 unspecified atom stereocenters. The number of anilines is 1. The van der Waals surface area contributed by atoms with Crippen molar-refractivity contribution in [3.63, 3.8) is 0 Å². The van der Waals surface area contributed by atoms with E-state index in [0.29, 0.717) is 25.9 Å². The van der Waals surface area contributed by atoms with Crippen molar-refractivity contribution in [2.24, 2.45) is 0 Å². The van der Waals surface area contributed by atoms with E-state index < -0.39 is 21.2 Å². The summed E-state index contributed by atoms with van der Waals surface area (Å²) in [7, 11) is -5.69. The molecule has 1 saturated heterocycles. The molecule has 2 aliphatic heterocycles. The summed E-state index contributed by atoms with van der Waals surface area (Å²) in [5, 5.41) is 6.74. The van der Waals surface area contributed by atoms with Crippen LogP contribution in [0.4, 0.5) is 18.9 Å². The first-order chi connectivity index (χ1) is 13.2. The van der Waals surface area contributed by atoms with Crippen molar-refractivity contribution < 1.29 is 30.5 Å². The van der Waals surface area contributed by atoms with Crippen LogP contribution in [-0.2, 0) is 26.9 Å². The van der Waals surface area contributed by atoms with Gasteiger partial charge >= 0.3 is 15.6 Å². The number of aromatic nitrogens is 2. The molecule has 1 spiro atoms. The highest BCUT2D eigenvalue weighted by Gasteiger charge is 2.49. The third kappa shape index (κ3) is 3.32. The number of piperidine rings is 1. The van der Waals surface area contributed by atoms with Gasteiger partial charge in [0.15, 0.2) is 0 Å². The highest BCUT2D eigenvalue weighted by atomic mass is 32.2. The molecule has 3 heterocycles. The molecule has 0 saturated carbocycles. The average Bonchev–Trinajstić information content (AvgIpc) is 3.16. The number of hydrogen-bond acceptors (Lipinski definition) is 6. The van der Waals surface area contributed by atoms with Crippen LogP contribution in [0.1, 0.15) is 24.0 Å². The molecule has 0 atom stereocenters. The highest BCUT2D eigenvalue weighted by Crippen LogP contribution is 2.43. The maximum Gasteiger partial charge on any atom is 0.534 e. The first kappa shape index (κ1) is 19.1. The van der Waals surface area contributed by atoms with Crippen LogP contribution in [0.3, 0.4) is 0 Å². The van der Waals surface area contributed by atoms with Crippen molar-refractivity contribution in [1.82, 2.24) is 10.2 Å². The summed E-state index contributed by atoms with van der Waals surface area (Å²) < 4.78 is 70.5. The van der Waals surface area contributed by atoms with E-state index in [1.54, 1.807) is 12.3 Å². The molecule has 1 fully saturated rings. The number of ether oxygens (including phenoxy) is 1. The third-order valence-electron chi connectivity index (χ3n) is 5.23. The second-order valence-electron chi connectivity index (χ2n) is 6.84. The zero-order valence-electron chi connectivity index (χ0n) is 14.7. The van der Waals surface area contributed by atoms with Crippen molar-refractivity contribution >= 4 is 15.8 Å². The predicted octanol–water partition coefficient (Wildman–Crippen LogP) is 2.71. The van der Waals surface area contributed by atoms with Crippen molar-refractivity contribution in [3.8, 4) is 5.75 Å². The van der Waals surface area contributed by atoms with E-state index >= 15 is 0 Å². The smallest absolute Gasteiger partial charge is 0.376 e. The Balaban J connectivity index is 1.56. The number of benzene rings is 1. The maximum absolute atomic E-state index is 12.6. The van der Waals surface area contributed by atoms with Gasteiger partial charge in [0.25, 0.3) is 0 Å². The number of nitrogens with one attached hydrogen (secondary N) is 1. The van der Waals surface area contributed by atoms with Crippen molar-refractivity contribution in [1.29, 1.82) is 0 Å². The molecule has 7 nitrogen and oxygen atoms in total. The number of halogens is 3. The van der Waals surface area contributed by atoms with Gasteiger partial charge in [0.05, 0.1) is 24.1 Å². The van der Waals surface area contributed by atoms with Gasteiger partial charge in [-0.05, 0) is 42.5 Å². The SMILES string of the molecule is O=S(=O)(Oc1ccc2c(c1)CCOC21CCN(c2cn[nH]c2)CC1)C(F)(F)F. The molecule has 0 amide bonds. The highest BCUT2D eigenvalue weighted by molar-refractivity contribution is 7.88. The Hall–Kier alpha value is -2.27. The number of aromatic amines is 1. The van der Waals surface area contributed by atoms with Gasteiger partial charge in [-0.15, -0.1) is 0 Å². The van der Waals surface area contributed by atoms with E-state index in [1.165, 1.54) is 12.1 Å². The average molecular weight is 417 g/mol. The minimum atomic E-state index is -5.69. The van der Waals surface area contributed by atoms with E-state index in [2.05, 4.69) is 19.3 Å². The van der Waals surface area contributed by atoms with Crippen molar-refractivity contribution in [2.75, 3.05) is 24.6 Å². The minimum absolute atomic E-state index is 0.344. The lowest BCUT2D eigenvalue weighted by molar-refractivity contribution is -0.0766. The van der Waals surface area contributed by atoms with Crippen molar-refractivity contribution in [3.05, 3.63) is 41.7 Å². The van der Waals surface area contributed by atoms with Gasteiger partial charge in [0, 0.05) is 19.3 Å². The van der Waals surface area contributed by atoms with Crippen LogP contribution in [0.2, 0.25) is 0 Å². The molecule has 28 heavy (non-hydrogen) atoms. The number of hydrogen-bond donors (Lipinski definition) is 1. The number of fused-ring (bicyclic) bond motifs is 2. The fraction of sp³-hybridized carbons (Fsp3) is 0.471. The fourth-order valence-electron chi connectivity index (χ4n) is 3.84. The number of nitrogens with zero attached hydrogens (tertiary/aromatic N) is 2. The molecule has 0 bridgehead atoms. The van der Waals surface area contributed by atoms with Crippen LogP contribution in [0.15, 0.2) is 30.6 Å². The fourth-order valence-corrected chi connectivity index (χ4v) is 4.29. The Labute approximate surface area is 159 Å². The first-order valence-electron chi connectivity index (χ1n) is 8.72. The number of H-pyrrole nitrogens is 1. The molecule has 11 heteroatoms. The van der Waals surface area contributed by atoms with E-state index in [1.807, 2.05) is 6.20 Å². The van der Waals surface area contributed by atoms with Gasteiger partial charge < -0.3 is 13.8 Å². The normalized spacial score (nSPS) is 19.5. The molecule has 2 aliphatic rings. The van der Waals surface area contributed by atoms with Crippen LogP contribution in [0.25, 0.3) is 0 Å². The van der Waals surface area contributed by atoms with Crippen LogP contribution in [-0.4, -0.2) is 43.8 Å². The predicted molar refractivity (Wildman–Crippen MR) is 93.4 cm³/mol. The summed E-state index contributed by atoms with van der Waals surface area (Å²) in [6.07, 6.45) is 5.45. The number of rotatable bonds is 3. The lowest BCUT2D eigenvalue weighted by atomic mass is 9.79. The maximum atomic E-state index is 12.6. The summed E-state index contributed by atoms with van der Waals surface area (Å²) in [6, 6.07) is 4.23. The van der Waals surface area contributed by atoms with E-state index in [-0.39, 0.29) is 5.75 Å². The van der Waals surface area contributed by atoms with Crippen LogP contribution in [0.5, 0.6) is 5.75 Å². The zero-order valence-corrected chi connectivity index (χ0v) is 15.5. The number of alkyl halides is 3. The van der Waals surface area contributed by atoms with Crippen LogP contribution < -0.4 is 9.08 Å². The third-order valence-corrected chi connectivity index (χ3v) is 6.21. The second kappa shape index (κ2) is 6.66. The lowest BCUT2D eigenvalue weighted by Crippen LogP contribution is -2.46. The van der Waals surface area contributed by atoms with Gasteiger partial charge in [-0.3, -0.25) is 5.10 Å². The molecular weight excluding hydrogens is 399 g/mol. The largest absolute Gasteiger partial charge is 0.534 e. The molecule has 152 valence electrons. The first-order valence-corrected chi connectivity index (χ1v) is 10.1. The summed E-state index contributed by atoms with van der Waals surface area (Å²) in [5.74, 6) is -0.344. The molecule has 4 rings (SSSR count). The molecule has 1 aromatic carbocycles. The minimum Gasteiger partial charge on any atom is -0.376 e. The monoisotopic (exact) mass is 417 g/mol. The van der Waals surface area contributed by atoms with Gasteiger partial charge in [-0.1, -0.05) is 6.07 Å². The summed E-state index contributed by atoms with van der Waals surface area (Å²) in [4.78, 5) is 2.18. The molecule has 0 aliphatic carbocycles. The van der Waals surface area contributed by atoms with Gasteiger partial charge in [0.2, 0.25) is 0 Å². The zero-order chi connectivity index (χ0) is 20.0. The molecule has 1 N–H and O–H groups in total. The quantitative estimate of drug-likeness (QED) is 0.611. The summed E-state index contributed by atoms with van der Waals surface area (Å²) in [5.41, 5.74) is -3.38. The molecule has 2 aromatic rings.